The van der Waals surface area contributed by atoms with Crippen molar-refractivity contribution in [2.45, 2.75) is 25.1 Å². The van der Waals surface area contributed by atoms with Crippen LogP contribution in [0.2, 0.25) is 0 Å². The molecule has 0 aromatic heterocycles. The van der Waals surface area contributed by atoms with E-state index in [0.717, 1.165) is 12.1 Å². The highest BCUT2D eigenvalue weighted by Crippen LogP contribution is 2.34. The van der Waals surface area contributed by atoms with Crippen LogP contribution < -0.4 is 10.6 Å². The second-order valence-corrected chi connectivity index (χ2v) is 4.53. The van der Waals surface area contributed by atoms with Crippen molar-refractivity contribution in [2.75, 3.05) is 23.7 Å². The number of hydrogen-bond acceptors (Lipinski definition) is 3. The summed E-state index contributed by atoms with van der Waals surface area (Å²) in [5.41, 5.74) is 5.35. The average Bonchev–Trinajstić information content (AvgIpc) is 2.28. The first-order valence-corrected chi connectivity index (χ1v) is 5.77. The fraction of sp³-hybridized carbons (Fsp3) is 0.500. The van der Waals surface area contributed by atoms with Gasteiger partial charge in [0.05, 0.1) is 11.7 Å². The number of piperidine rings is 1. The van der Waals surface area contributed by atoms with Gasteiger partial charge >= 0.3 is 6.18 Å². The topological polar surface area (TPSA) is 49.5 Å². The minimum Gasteiger partial charge on any atom is -0.399 e. The molecule has 2 rings (SSSR count). The second kappa shape index (κ2) is 4.68. The van der Waals surface area contributed by atoms with Crippen LogP contribution in [0.4, 0.5) is 24.5 Å². The van der Waals surface area contributed by atoms with Crippen molar-refractivity contribution in [1.82, 2.24) is 0 Å². The third kappa shape index (κ3) is 2.87. The molecule has 0 spiro atoms. The van der Waals surface area contributed by atoms with Gasteiger partial charge in [0.1, 0.15) is 0 Å². The fourth-order valence-electron chi connectivity index (χ4n) is 2.10. The van der Waals surface area contributed by atoms with E-state index >= 15 is 0 Å². The van der Waals surface area contributed by atoms with Crippen LogP contribution in [0, 0.1) is 0 Å². The zero-order valence-electron chi connectivity index (χ0n) is 9.74. The molecule has 1 aliphatic rings. The Morgan fingerprint density at radius 2 is 1.78 bits per heavy atom. The van der Waals surface area contributed by atoms with Crippen molar-refractivity contribution in [1.29, 1.82) is 0 Å². The molecule has 0 amide bonds. The maximum Gasteiger partial charge on any atom is 0.416 e. The summed E-state index contributed by atoms with van der Waals surface area (Å²) < 4.78 is 38.0. The lowest BCUT2D eigenvalue weighted by atomic mass is 10.1. The number of nitrogens with zero attached hydrogens (tertiary/aromatic N) is 1. The zero-order valence-corrected chi connectivity index (χ0v) is 9.74. The van der Waals surface area contributed by atoms with Crippen molar-refractivity contribution in [2.24, 2.45) is 0 Å². The number of aliphatic hydroxyl groups excluding tert-OH is 1. The highest BCUT2D eigenvalue weighted by atomic mass is 19.4. The first kappa shape index (κ1) is 13.0. The minimum atomic E-state index is -4.39. The Bertz CT molecular complexity index is 426. The Labute approximate surface area is 103 Å². The molecule has 3 nitrogen and oxygen atoms in total. The molecule has 0 unspecified atom stereocenters. The molecule has 0 saturated carbocycles. The molecular weight excluding hydrogens is 245 g/mol. The predicted octanol–water partition coefficient (Wildman–Crippen LogP) is 2.25. The van der Waals surface area contributed by atoms with Crippen molar-refractivity contribution in [3.05, 3.63) is 23.8 Å². The molecular formula is C12H15F3N2O. The lowest BCUT2D eigenvalue weighted by Gasteiger charge is -2.32. The number of nitrogens with two attached hydrogens (primary N) is 1. The Hall–Kier alpha value is -1.43. The van der Waals surface area contributed by atoms with E-state index in [-0.39, 0.29) is 11.8 Å². The van der Waals surface area contributed by atoms with Crippen LogP contribution in [-0.4, -0.2) is 24.3 Å². The summed E-state index contributed by atoms with van der Waals surface area (Å²) in [5, 5.41) is 9.38. The summed E-state index contributed by atoms with van der Waals surface area (Å²) in [6.45, 7) is 1.09. The van der Waals surface area contributed by atoms with Gasteiger partial charge < -0.3 is 15.7 Å². The summed E-state index contributed by atoms with van der Waals surface area (Å²) in [6, 6.07) is 3.57. The van der Waals surface area contributed by atoms with E-state index in [0.29, 0.717) is 31.6 Å². The van der Waals surface area contributed by atoms with Crippen LogP contribution in [0.15, 0.2) is 18.2 Å². The van der Waals surface area contributed by atoms with E-state index in [1.54, 1.807) is 0 Å². The number of hydrogen-bond donors (Lipinski definition) is 2. The number of nitrogen functional groups attached to an aromatic ring is 1. The molecule has 0 radical (unpaired) electrons. The molecule has 6 heteroatoms. The van der Waals surface area contributed by atoms with Crippen molar-refractivity contribution >= 4 is 11.4 Å². The van der Waals surface area contributed by atoms with Crippen LogP contribution in [0.25, 0.3) is 0 Å². The van der Waals surface area contributed by atoms with Gasteiger partial charge in [-0.25, -0.2) is 0 Å². The third-order valence-corrected chi connectivity index (χ3v) is 3.10. The van der Waals surface area contributed by atoms with Crippen LogP contribution in [0.5, 0.6) is 0 Å². The average molecular weight is 260 g/mol. The van der Waals surface area contributed by atoms with Crippen molar-refractivity contribution in [3.63, 3.8) is 0 Å². The summed E-state index contributed by atoms with van der Waals surface area (Å²) in [5.74, 6) is 0. The van der Waals surface area contributed by atoms with E-state index in [9.17, 15) is 18.3 Å². The maximum absolute atomic E-state index is 12.7. The number of alkyl halides is 3. The van der Waals surface area contributed by atoms with Gasteiger partial charge in [-0.1, -0.05) is 0 Å². The number of halogens is 3. The standard InChI is InChI=1S/C12H15F3N2O/c13-12(14,15)8-5-9(16)7-10(6-8)17-3-1-11(18)2-4-17/h5-7,11,18H,1-4,16H2. The van der Waals surface area contributed by atoms with Gasteiger partial charge in [0.15, 0.2) is 0 Å². The number of rotatable bonds is 1. The van der Waals surface area contributed by atoms with Gasteiger partial charge in [-0.05, 0) is 31.0 Å². The van der Waals surface area contributed by atoms with E-state index in [2.05, 4.69) is 0 Å². The smallest absolute Gasteiger partial charge is 0.399 e. The van der Waals surface area contributed by atoms with Crippen LogP contribution >= 0.6 is 0 Å². The molecule has 1 saturated heterocycles. The highest BCUT2D eigenvalue weighted by Gasteiger charge is 2.31. The molecule has 0 aliphatic carbocycles. The van der Waals surface area contributed by atoms with Crippen molar-refractivity contribution in [3.8, 4) is 0 Å². The molecule has 1 aromatic carbocycles. The number of benzene rings is 1. The van der Waals surface area contributed by atoms with E-state index in [4.69, 9.17) is 5.73 Å². The van der Waals surface area contributed by atoms with E-state index in [1.807, 2.05) is 4.90 Å². The monoisotopic (exact) mass is 260 g/mol. The molecule has 0 bridgehead atoms. The summed E-state index contributed by atoms with van der Waals surface area (Å²) >= 11 is 0. The second-order valence-electron chi connectivity index (χ2n) is 4.53. The van der Waals surface area contributed by atoms with Crippen LogP contribution in [0.3, 0.4) is 0 Å². The third-order valence-electron chi connectivity index (χ3n) is 3.10. The molecule has 100 valence electrons. The zero-order chi connectivity index (χ0) is 13.3. The first-order valence-electron chi connectivity index (χ1n) is 5.77. The fourth-order valence-corrected chi connectivity index (χ4v) is 2.10. The molecule has 1 heterocycles. The Morgan fingerprint density at radius 1 is 1.17 bits per heavy atom. The summed E-state index contributed by atoms with van der Waals surface area (Å²) in [6.07, 6.45) is -3.62. The molecule has 3 N–H and O–H groups in total. The van der Waals surface area contributed by atoms with Gasteiger partial charge in [0.25, 0.3) is 0 Å². The lowest BCUT2D eigenvalue weighted by molar-refractivity contribution is -0.137. The van der Waals surface area contributed by atoms with Gasteiger partial charge in [-0.3, -0.25) is 0 Å². The van der Waals surface area contributed by atoms with Gasteiger partial charge in [-0.2, -0.15) is 13.2 Å². The summed E-state index contributed by atoms with van der Waals surface area (Å²) in [7, 11) is 0. The molecule has 18 heavy (non-hydrogen) atoms. The maximum atomic E-state index is 12.7. The molecule has 1 aliphatic heterocycles. The van der Waals surface area contributed by atoms with Crippen LogP contribution in [0.1, 0.15) is 18.4 Å². The quantitative estimate of drug-likeness (QED) is 0.761. The first-order chi connectivity index (χ1) is 8.36. The highest BCUT2D eigenvalue weighted by molar-refractivity contribution is 5.59. The van der Waals surface area contributed by atoms with Crippen molar-refractivity contribution < 1.29 is 18.3 Å². The molecule has 0 atom stereocenters. The lowest BCUT2D eigenvalue weighted by Crippen LogP contribution is -2.35. The Kier molecular flexibility index (Phi) is 3.38. The number of aliphatic hydroxyl groups is 1. The van der Waals surface area contributed by atoms with Gasteiger partial charge in [-0.15, -0.1) is 0 Å². The van der Waals surface area contributed by atoms with Crippen LogP contribution in [-0.2, 0) is 6.18 Å². The Morgan fingerprint density at radius 3 is 2.33 bits per heavy atom. The molecule has 1 fully saturated rings. The largest absolute Gasteiger partial charge is 0.416 e. The molecule has 1 aromatic rings. The summed E-state index contributed by atoms with van der Waals surface area (Å²) in [4.78, 5) is 1.82. The predicted molar refractivity (Wildman–Crippen MR) is 63.3 cm³/mol. The number of anilines is 2. The van der Waals surface area contributed by atoms with Gasteiger partial charge in [0, 0.05) is 24.5 Å². The normalized spacial score (nSPS) is 18.1. The minimum absolute atomic E-state index is 0.103. The van der Waals surface area contributed by atoms with E-state index in [1.165, 1.54) is 6.07 Å². The SMILES string of the molecule is Nc1cc(N2CCC(O)CC2)cc(C(F)(F)F)c1. The Balaban J connectivity index is 2.25. The van der Waals surface area contributed by atoms with Gasteiger partial charge in [0.2, 0.25) is 0 Å². The van der Waals surface area contributed by atoms with E-state index < -0.39 is 11.7 Å².